The topological polar surface area (TPSA) is 74.2 Å². The summed E-state index contributed by atoms with van der Waals surface area (Å²) < 4.78 is 31.7. The zero-order valence-electron chi connectivity index (χ0n) is 22.2. The lowest BCUT2D eigenvalue weighted by molar-refractivity contribution is -0.192. The molecule has 5 rings (SSSR count). The maximum absolute atomic E-state index is 10.6. The number of carbonyl (C=O) groups is 1. The molecule has 0 saturated carbocycles. The number of nitrogens with zero attached hydrogens (tertiary/aromatic N) is 1. The van der Waals surface area contributed by atoms with E-state index < -0.39 is 12.1 Å². The predicted molar refractivity (Wildman–Crippen MR) is 156 cm³/mol. The summed E-state index contributed by atoms with van der Waals surface area (Å²) in [6.45, 7) is 2.64. The van der Waals surface area contributed by atoms with E-state index in [9.17, 15) is 13.2 Å². The molecule has 0 unspecified atom stereocenters. The number of halogens is 3. The Bertz CT molecular complexity index is 1560. The predicted octanol–water partition coefficient (Wildman–Crippen LogP) is 7.48. The Morgan fingerprint density at radius 1 is 0.732 bits per heavy atom. The molecule has 1 aromatic heterocycles. The molecule has 0 aliphatic heterocycles. The van der Waals surface area contributed by atoms with Crippen molar-refractivity contribution in [3.63, 3.8) is 0 Å². The molecule has 8 heteroatoms. The van der Waals surface area contributed by atoms with Crippen molar-refractivity contribution in [2.24, 2.45) is 0 Å². The molecule has 4 aromatic carbocycles. The van der Waals surface area contributed by atoms with Crippen LogP contribution >= 0.6 is 0 Å². The monoisotopic (exact) mass is 557 g/mol. The maximum atomic E-state index is 10.6. The van der Waals surface area contributed by atoms with E-state index in [0.717, 1.165) is 42.6 Å². The van der Waals surface area contributed by atoms with E-state index in [0.29, 0.717) is 0 Å². The lowest BCUT2D eigenvalue weighted by Gasteiger charge is -2.10. The summed E-state index contributed by atoms with van der Waals surface area (Å²) in [5, 5.41) is 15.4. The lowest BCUT2D eigenvalue weighted by Crippen LogP contribution is -2.21. The second kappa shape index (κ2) is 14.1. The number of alkyl halides is 3. The Morgan fingerprint density at radius 2 is 1.46 bits per heavy atom. The van der Waals surface area contributed by atoms with Crippen LogP contribution in [0, 0.1) is 0 Å². The zero-order valence-corrected chi connectivity index (χ0v) is 22.2. The summed E-state index contributed by atoms with van der Waals surface area (Å²) in [5.74, 6) is -2.76. The Labute approximate surface area is 236 Å². The molecular weight excluding hydrogens is 527 g/mol. The molecule has 5 nitrogen and oxygen atoms in total. The third-order valence-corrected chi connectivity index (χ3v) is 6.32. The van der Waals surface area contributed by atoms with Crippen LogP contribution in [0.15, 0.2) is 115 Å². The van der Waals surface area contributed by atoms with Crippen LogP contribution in [0.3, 0.4) is 0 Å². The van der Waals surface area contributed by atoms with Gasteiger partial charge in [-0.15, -0.1) is 0 Å². The maximum Gasteiger partial charge on any atom is 0.490 e. The fraction of sp³-hybridized carbons (Fsp3) is 0.152. The van der Waals surface area contributed by atoms with Gasteiger partial charge in [0.05, 0.1) is 5.52 Å². The van der Waals surface area contributed by atoms with Gasteiger partial charge in [0.2, 0.25) is 0 Å². The van der Waals surface area contributed by atoms with Gasteiger partial charge in [-0.25, -0.2) is 4.79 Å². The van der Waals surface area contributed by atoms with Crippen molar-refractivity contribution >= 4 is 22.6 Å². The van der Waals surface area contributed by atoms with Crippen LogP contribution in [0.4, 0.5) is 18.9 Å². The summed E-state index contributed by atoms with van der Waals surface area (Å²) >= 11 is 0. The molecule has 0 saturated heterocycles. The van der Waals surface area contributed by atoms with Crippen LogP contribution in [0.1, 0.15) is 16.7 Å². The average Bonchev–Trinajstić information content (AvgIpc) is 2.99. The molecule has 41 heavy (non-hydrogen) atoms. The first-order valence-electron chi connectivity index (χ1n) is 13.1. The second-order valence-corrected chi connectivity index (χ2v) is 9.38. The van der Waals surface area contributed by atoms with Crippen molar-refractivity contribution in [2.75, 3.05) is 11.9 Å². The third kappa shape index (κ3) is 9.19. The fourth-order valence-corrected chi connectivity index (χ4v) is 4.18. The van der Waals surface area contributed by atoms with E-state index in [1.165, 1.54) is 27.8 Å². The van der Waals surface area contributed by atoms with Gasteiger partial charge in [-0.1, -0.05) is 78.9 Å². The van der Waals surface area contributed by atoms with Crippen molar-refractivity contribution in [1.82, 2.24) is 10.3 Å². The molecule has 0 spiro atoms. The first-order valence-corrected chi connectivity index (χ1v) is 13.1. The number of hydrogen-bond donors (Lipinski definition) is 3. The van der Waals surface area contributed by atoms with Crippen LogP contribution in [-0.4, -0.2) is 28.8 Å². The van der Waals surface area contributed by atoms with Crippen LogP contribution in [0.5, 0.6) is 0 Å². The smallest absolute Gasteiger partial charge is 0.475 e. The van der Waals surface area contributed by atoms with Crippen molar-refractivity contribution in [3.8, 4) is 11.1 Å². The number of benzene rings is 4. The SMILES string of the molecule is O=C(O)C(F)(F)F.c1ccc(CCNCc2cccc(-c3ccc(CNc4ccc5ncccc5c4)cc3)c2)cc1. The molecule has 1 heterocycles. The average molecular weight is 558 g/mol. The Balaban J connectivity index is 0.000000493. The first-order chi connectivity index (χ1) is 19.8. The van der Waals surface area contributed by atoms with Gasteiger partial charge in [-0.05, 0) is 71.1 Å². The Hall–Kier alpha value is -4.69. The molecule has 0 atom stereocenters. The van der Waals surface area contributed by atoms with E-state index in [4.69, 9.17) is 9.90 Å². The number of hydrogen-bond acceptors (Lipinski definition) is 4. The van der Waals surface area contributed by atoms with Crippen molar-refractivity contribution in [2.45, 2.75) is 25.7 Å². The van der Waals surface area contributed by atoms with Gasteiger partial charge in [-0.3, -0.25) is 4.98 Å². The number of anilines is 1. The van der Waals surface area contributed by atoms with E-state index in [1.807, 2.05) is 12.3 Å². The van der Waals surface area contributed by atoms with Crippen molar-refractivity contribution in [1.29, 1.82) is 0 Å². The van der Waals surface area contributed by atoms with E-state index >= 15 is 0 Å². The van der Waals surface area contributed by atoms with Gasteiger partial charge in [0.15, 0.2) is 0 Å². The molecule has 0 amide bonds. The molecule has 210 valence electrons. The zero-order chi connectivity index (χ0) is 29.1. The number of rotatable bonds is 9. The van der Waals surface area contributed by atoms with Crippen molar-refractivity contribution < 1.29 is 23.1 Å². The van der Waals surface area contributed by atoms with Crippen LogP contribution in [0.2, 0.25) is 0 Å². The first kappa shape index (κ1) is 29.3. The molecule has 0 bridgehead atoms. The minimum absolute atomic E-state index is 0.789. The number of fused-ring (bicyclic) bond motifs is 1. The highest BCUT2D eigenvalue weighted by Gasteiger charge is 2.38. The summed E-state index contributed by atoms with van der Waals surface area (Å²) in [5.41, 5.74) is 8.56. The Kier molecular flexibility index (Phi) is 10.1. The highest BCUT2D eigenvalue weighted by atomic mass is 19.4. The largest absolute Gasteiger partial charge is 0.490 e. The van der Waals surface area contributed by atoms with Gasteiger partial charge in [-0.2, -0.15) is 13.2 Å². The normalized spacial score (nSPS) is 11.0. The van der Waals surface area contributed by atoms with Gasteiger partial charge in [0.1, 0.15) is 0 Å². The number of aromatic nitrogens is 1. The van der Waals surface area contributed by atoms with E-state index in [2.05, 4.69) is 119 Å². The molecular formula is C33H30F3N3O2. The van der Waals surface area contributed by atoms with Crippen LogP contribution in [-0.2, 0) is 24.3 Å². The highest BCUT2D eigenvalue weighted by Crippen LogP contribution is 2.22. The van der Waals surface area contributed by atoms with Gasteiger partial charge in [0, 0.05) is 30.4 Å². The molecule has 0 aliphatic rings. The van der Waals surface area contributed by atoms with Gasteiger partial charge >= 0.3 is 12.1 Å². The van der Waals surface area contributed by atoms with E-state index in [1.54, 1.807) is 0 Å². The second-order valence-electron chi connectivity index (χ2n) is 9.38. The highest BCUT2D eigenvalue weighted by molar-refractivity contribution is 5.82. The molecule has 0 aliphatic carbocycles. The van der Waals surface area contributed by atoms with Gasteiger partial charge in [0.25, 0.3) is 0 Å². The molecule has 0 radical (unpaired) electrons. The lowest BCUT2D eigenvalue weighted by atomic mass is 10.0. The third-order valence-electron chi connectivity index (χ3n) is 6.32. The van der Waals surface area contributed by atoms with Gasteiger partial charge < -0.3 is 15.7 Å². The number of aliphatic carboxylic acids is 1. The molecule has 0 fully saturated rings. The van der Waals surface area contributed by atoms with Crippen molar-refractivity contribution in [3.05, 3.63) is 132 Å². The number of carboxylic acids is 1. The standard InChI is InChI=1S/C31H29N3.C2HF3O2/c1-2-6-24(7-3-1)17-19-32-22-26-8-4-9-28(20-26)27-13-11-25(12-14-27)23-34-30-15-16-31-29(21-30)10-5-18-33-31;3-2(4,5)1(6)7/h1-16,18,20-21,32,34H,17,19,22-23H2;(H,6,7). The number of pyridine rings is 1. The molecule has 3 N–H and O–H groups in total. The number of nitrogens with one attached hydrogen (secondary N) is 2. The summed E-state index contributed by atoms with van der Waals surface area (Å²) in [6, 6.07) is 38.6. The summed E-state index contributed by atoms with van der Waals surface area (Å²) in [6.07, 6.45) is -2.21. The quantitative estimate of drug-likeness (QED) is 0.164. The van der Waals surface area contributed by atoms with Crippen LogP contribution < -0.4 is 10.6 Å². The Morgan fingerprint density at radius 3 is 2.20 bits per heavy atom. The minimum Gasteiger partial charge on any atom is -0.475 e. The summed E-state index contributed by atoms with van der Waals surface area (Å²) in [4.78, 5) is 13.3. The minimum atomic E-state index is -5.08. The van der Waals surface area contributed by atoms with Crippen LogP contribution in [0.25, 0.3) is 22.0 Å². The number of carboxylic acid groups (broad SMARTS) is 1. The molecule has 5 aromatic rings. The van der Waals surface area contributed by atoms with E-state index in [-0.39, 0.29) is 0 Å². The fourth-order valence-electron chi connectivity index (χ4n) is 4.18. The summed E-state index contributed by atoms with van der Waals surface area (Å²) in [7, 11) is 0.